The van der Waals surface area contributed by atoms with Crippen molar-refractivity contribution in [3.8, 4) is 0 Å². The molecule has 2 heteroatoms. The third-order valence-corrected chi connectivity index (χ3v) is 2.87. The third-order valence-electron chi connectivity index (χ3n) is 2.87. The third kappa shape index (κ3) is 1.30. The molecule has 0 unspecified atom stereocenters. The lowest BCUT2D eigenvalue weighted by Crippen LogP contribution is -2.59. The lowest BCUT2D eigenvalue weighted by molar-refractivity contribution is -0.215. The lowest BCUT2D eigenvalue weighted by Gasteiger charge is -2.51. The van der Waals surface area contributed by atoms with E-state index in [1.807, 2.05) is 0 Å². The molecule has 0 aromatic heterocycles. The molecule has 1 saturated carbocycles. The maximum Gasteiger partial charge on any atom is 0.114 e. The van der Waals surface area contributed by atoms with Crippen molar-refractivity contribution in [2.45, 2.75) is 50.9 Å². The van der Waals surface area contributed by atoms with E-state index in [2.05, 4.69) is 19.2 Å². The molecule has 1 aliphatic heterocycles. The van der Waals surface area contributed by atoms with Gasteiger partial charge in [0.1, 0.15) is 5.72 Å². The van der Waals surface area contributed by atoms with E-state index in [1.54, 1.807) is 0 Å². The molecule has 2 fully saturated rings. The van der Waals surface area contributed by atoms with Crippen LogP contribution in [0.15, 0.2) is 0 Å². The molecule has 0 bridgehead atoms. The molecule has 2 aliphatic rings. The Morgan fingerprint density at radius 1 is 1.18 bits per heavy atom. The van der Waals surface area contributed by atoms with Crippen molar-refractivity contribution in [3.05, 3.63) is 0 Å². The maximum atomic E-state index is 5.99. The Balaban J connectivity index is 2.03. The van der Waals surface area contributed by atoms with Crippen LogP contribution in [0.4, 0.5) is 0 Å². The molecular formula is C9H17NO. The zero-order valence-electron chi connectivity index (χ0n) is 7.44. The van der Waals surface area contributed by atoms with Gasteiger partial charge in [0, 0.05) is 6.54 Å². The highest BCUT2D eigenvalue weighted by molar-refractivity contribution is 4.95. The van der Waals surface area contributed by atoms with E-state index in [1.165, 1.54) is 25.7 Å². The SMILES string of the molecule is CC1(C)NCCC2(CCC2)O1. The molecule has 1 aliphatic carbocycles. The second kappa shape index (κ2) is 2.20. The van der Waals surface area contributed by atoms with Gasteiger partial charge in [-0.3, -0.25) is 5.32 Å². The summed E-state index contributed by atoms with van der Waals surface area (Å²) in [5.41, 5.74) is 0.188. The zero-order chi connectivity index (χ0) is 7.95. The van der Waals surface area contributed by atoms with Crippen molar-refractivity contribution in [1.29, 1.82) is 0 Å². The predicted molar refractivity (Wildman–Crippen MR) is 44.4 cm³/mol. The number of hydrogen-bond donors (Lipinski definition) is 1. The highest BCUT2D eigenvalue weighted by Gasteiger charge is 2.44. The van der Waals surface area contributed by atoms with Crippen LogP contribution >= 0.6 is 0 Å². The standard InChI is InChI=1S/C9H17NO/c1-8(2)10-7-6-9(11-8)4-3-5-9/h10H,3-7H2,1-2H3. The Hall–Kier alpha value is -0.0800. The second-order valence-corrected chi connectivity index (χ2v) is 4.33. The van der Waals surface area contributed by atoms with Gasteiger partial charge in [-0.1, -0.05) is 0 Å². The molecule has 2 rings (SSSR count). The predicted octanol–water partition coefficient (Wildman–Crippen LogP) is 1.66. The Bertz CT molecular complexity index is 161. The number of rotatable bonds is 0. The van der Waals surface area contributed by atoms with E-state index in [0.717, 1.165) is 6.54 Å². The van der Waals surface area contributed by atoms with Crippen molar-refractivity contribution >= 4 is 0 Å². The Morgan fingerprint density at radius 3 is 2.27 bits per heavy atom. The summed E-state index contributed by atoms with van der Waals surface area (Å²) in [6.45, 7) is 5.35. The molecular weight excluding hydrogens is 138 g/mol. The maximum absolute atomic E-state index is 5.99. The van der Waals surface area contributed by atoms with E-state index >= 15 is 0 Å². The molecule has 0 atom stereocenters. The van der Waals surface area contributed by atoms with Gasteiger partial charge in [0.15, 0.2) is 0 Å². The van der Waals surface area contributed by atoms with E-state index < -0.39 is 0 Å². The van der Waals surface area contributed by atoms with Crippen molar-refractivity contribution < 1.29 is 4.74 Å². The van der Waals surface area contributed by atoms with Crippen LogP contribution in [0.5, 0.6) is 0 Å². The molecule has 64 valence electrons. The van der Waals surface area contributed by atoms with Crippen LogP contribution in [-0.4, -0.2) is 17.9 Å². The summed E-state index contributed by atoms with van der Waals surface area (Å²) in [6, 6.07) is 0. The topological polar surface area (TPSA) is 21.3 Å². The van der Waals surface area contributed by atoms with Gasteiger partial charge in [-0.25, -0.2) is 0 Å². The van der Waals surface area contributed by atoms with Gasteiger partial charge in [0.25, 0.3) is 0 Å². The molecule has 11 heavy (non-hydrogen) atoms. The average Bonchev–Trinajstić information content (AvgIpc) is 1.82. The average molecular weight is 155 g/mol. The highest BCUT2D eigenvalue weighted by Crippen LogP contribution is 2.42. The van der Waals surface area contributed by atoms with E-state index in [4.69, 9.17) is 4.74 Å². The van der Waals surface area contributed by atoms with Crippen LogP contribution in [0.1, 0.15) is 39.5 Å². The van der Waals surface area contributed by atoms with Gasteiger partial charge in [-0.15, -0.1) is 0 Å². The van der Waals surface area contributed by atoms with Gasteiger partial charge < -0.3 is 4.74 Å². The highest BCUT2D eigenvalue weighted by atomic mass is 16.5. The first-order chi connectivity index (χ1) is 5.12. The van der Waals surface area contributed by atoms with Gasteiger partial charge in [-0.2, -0.15) is 0 Å². The number of hydrogen-bond acceptors (Lipinski definition) is 2. The van der Waals surface area contributed by atoms with Crippen molar-refractivity contribution in [3.63, 3.8) is 0 Å². The zero-order valence-corrected chi connectivity index (χ0v) is 7.44. The monoisotopic (exact) mass is 155 g/mol. The number of ether oxygens (including phenoxy) is 1. The summed E-state index contributed by atoms with van der Waals surface area (Å²) in [5, 5.41) is 3.36. The van der Waals surface area contributed by atoms with Crippen LogP contribution in [0, 0.1) is 0 Å². The van der Waals surface area contributed by atoms with Crippen LogP contribution < -0.4 is 5.32 Å². The van der Waals surface area contributed by atoms with Crippen molar-refractivity contribution in [2.75, 3.05) is 6.54 Å². The largest absolute Gasteiger partial charge is 0.355 e. The summed E-state index contributed by atoms with van der Waals surface area (Å²) in [5.74, 6) is 0. The summed E-state index contributed by atoms with van der Waals surface area (Å²) >= 11 is 0. The smallest absolute Gasteiger partial charge is 0.114 e. The van der Waals surface area contributed by atoms with E-state index in [-0.39, 0.29) is 11.3 Å². The molecule has 1 spiro atoms. The Morgan fingerprint density at radius 2 is 1.91 bits per heavy atom. The van der Waals surface area contributed by atoms with Gasteiger partial charge in [0.05, 0.1) is 5.60 Å². The van der Waals surface area contributed by atoms with Gasteiger partial charge in [0.2, 0.25) is 0 Å². The Kier molecular flexibility index (Phi) is 1.52. The fraction of sp³-hybridized carbons (Fsp3) is 1.00. The summed E-state index contributed by atoms with van der Waals surface area (Å²) in [4.78, 5) is 0. The minimum Gasteiger partial charge on any atom is -0.355 e. The number of nitrogens with one attached hydrogen (secondary N) is 1. The Labute approximate surface area is 68.3 Å². The first-order valence-corrected chi connectivity index (χ1v) is 4.57. The molecule has 0 aromatic carbocycles. The molecule has 2 nitrogen and oxygen atoms in total. The van der Waals surface area contributed by atoms with Gasteiger partial charge in [-0.05, 0) is 39.5 Å². The van der Waals surface area contributed by atoms with E-state index in [9.17, 15) is 0 Å². The molecule has 1 heterocycles. The van der Waals surface area contributed by atoms with Crippen LogP contribution in [0.2, 0.25) is 0 Å². The molecule has 1 N–H and O–H groups in total. The quantitative estimate of drug-likeness (QED) is 0.574. The first kappa shape index (κ1) is 7.56. The summed E-state index contributed by atoms with van der Waals surface area (Å²) in [7, 11) is 0. The normalized spacial score (nSPS) is 33.3. The van der Waals surface area contributed by atoms with Crippen LogP contribution in [-0.2, 0) is 4.74 Å². The van der Waals surface area contributed by atoms with Crippen molar-refractivity contribution in [2.24, 2.45) is 0 Å². The van der Waals surface area contributed by atoms with Crippen LogP contribution in [0.3, 0.4) is 0 Å². The summed E-state index contributed by atoms with van der Waals surface area (Å²) in [6.07, 6.45) is 5.11. The first-order valence-electron chi connectivity index (χ1n) is 4.57. The fourth-order valence-corrected chi connectivity index (χ4v) is 2.14. The molecule has 0 amide bonds. The minimum absolute atomic E-state index is 0.0847. The van der Waals surface area contributed by atoms with Gasteiger partial charge >= 0.3 is 0 Å². The summed E-state index contributed by atoms with van der Waals surface area (Å²) < 4.78 is 5.99. The molecule has 0 radical (unpaired) electrons. The fourth-order valence-electron chi connectivity index (χ4n) is 2.14. The second-order valence-electron chi connectivity index (χ2n) is 4.33. The van der Waals surface area contributed by atoms with Crippen molar-refractivity contribution in [1.82, 2.24) is 5.32 Å². The lowest BCUT2D eigenvalue weighted by atomic mass is 9.76. The minimum atomic E-state index is -0.0847. The molecule has 0 aromatic rings. The van der Waals surface area contributed by atoms with E-state index in [0.29, 0.717) is 0 Å². The molecule has 1 saturated heterocycles. The van der Waals surface area contributed by atoms with Crippen LogP contribution in [0.25, 0.3) is 0 Å².